The first-order valence-corrected chi connectivity index (χ1v) is 3.76. The van der Waals surface area contributed by atoms with Crippen molar-refractivity contribution in [2.24, 2.45) is 0 Å². The lowest BCUT2D eigenvalue weighted by Gasteiger charge is -2.15. The fourth-order valence-corrected chi connectivity index (χ4v) is 0.683. The Morgan fingerprint density at radius 1 is 1.45 bits per heavy atom. The van der Waals surface area contributed by atoms with Crippen LogP contribution in [0, 0.1) is 0 Å². The van der Waals surface area contributed by atoms with E-state index in [0.717, 1.165) is 0 Å². The molecule has 0 aromatic rings. The Morgan fingerprint density at radius 2 is 1.82 bits per heavy atom. The van der Waals surface area contributed by atoms with Gasteiger partial charge in [-0.2, -0.15) is 12.6 Å². The molecule has 7 nitrogen and oxygen atoms in total. The van der Waals surface area contributed by atoms with Crippen molar-refractivity contribution in [2.45, 2.75) is 19.3 Å². The van der Waals surface area contributed by atoms with Crippen LogP contribution in [-0.2, 0) is 14.6 Å². The molecule has 0 amide bonds. The highest BCUT2D eigenvalue weighted by molar-refractivity contribution is 7.80. The van der Waals surface area contributed by atoms with Crippen molar-refractivity contribution in [3.05, 3.63) is 0 Å². The van der Waals surface area contributed by atoms with E-state index in [1.165, 1.54) is 6.92 Å². The maximum Gasteiger partial charge on any atom is 0.401 e. The fourth-order valence-electron chi connectivity index (χ4n) is 0.228. The molecule has 0 saturated heterocycles. The van der Waals surface area contributed by atoms with Crippen LogP contribution in [0.1, 0.15) is 13.3 Å². The molecule has 0 spiro atoms. The molecule has 0 unspecified atom stereocenters. The number of rotatable bonds is 3. The van der Waals surface area contributed by atoms with Crippen molar-refractivity contribution >= 4 is 10.4 Å². The minimum absolute atomic E-state index is 0. The van der Waals surface area contributed by atoms with Crippen LogP contribution in [0.3, 0.4) is 0 Å². The van der Waals surface area contributed by atoms with Crippen molar-refractivity contribution in [2.75, 3.05) is 0 Å². The smallest absolute Gasteiger partial charge is 0.344 e. The summed E-state index contributed by atoms with van der Waals surface area (Å²) in [6.07, 6.45) is -0.368. The number of aliphatic hydroxyl groups is 2. The summed E-state index contributed by atoms with van der Waals surface area (Å²) in [6.45, 7) is 1.27. The van der Waals surface area contributed by atoms with Gasteiger partial charge in [0.1, 0.15) is 0 Å². The van der Waals surface area contributed by atoms with Gasteiger partial charge in [-0.05, 0) is 0 Å². The van der Waals surface area contributed by atoms with Gasteiger partial charge in [-0.25, -0.2) is 0 Å². The summed E-state index contributed by atoms with van der Waals surface area (Å²) in [5.41, 5.74) is 0. The van der Waals surface area contributed by atoms with E-state index >= 15 is 0 Å². The molecule has 8 heteroatoms. The van der Waals surface area contributed by atoms with Crippen molar-refractivity contribution in [3.8, 4) is 0 Å². The van der Waals surface area contributed by atoms with Crippen LogP contribution in [0.15, 0.2) is 0 Å². The van der Waals surface area contributed by atoms with Gasteiger partial charge in [-0.15, -0.1) is 0 Å². The van der Waals surface area contributed by atoms with Crippen LogP contribution < -0.4 is 6.15 Å². The summed E-state index contributed by atoms with van der Waals surface area (Å²) in [4.78, 5) is 0. The Labute approximate surface area is 64.1 Å². The van der Waals surface area contributed by atoms with Crippen molar-refractivity contribution in [1.82, 2.24) is 6.15 Å². The first kappa shape index (κ1) is 13.3. The summed E-state index contributed by atoms with van der Waals surface area (Å²) in [5.74, 6) is -2.81. The molecule has 0 aromatic heterocycles. The SMILES string of the molecule is CCC(O)(O)OS(=O)(=O)O.N. The molecule has 0 bridgehead atoms. The summed E-state index contributed by atoms with van der Waals surface area (Å²) >= 11 is 0. The Kier molecular flexibility index (Phi) is 4.79. The average Bonchev–Trinajstić information content (AvgIpc) is 1.60. The minimum atomic E-state index is -4.79. The highest BCUT2D eigenvalue weighted by Crippen LogP contribution is 2.09. The van der Waals surface area contributed by atoms with E-state index in [1.54, 1.807) is 0 Å². The molecule has 0 atom stereocenters. The fraction of sp³-hybridized carbons (Fsp3) is 1.00. The second-order valence-corrected chi connectivity index (χ2v) is 2.63. The lowest BCUT2D eigenvalue weighted by Crippen LogP contribution is -2.33. The monoisotopic (exact) mass is 189 g/mol. The Balaban J connectivity index is 0. The molecular weight excluding hydrogens is 178 g/mol. The zero-order valence-electron chi connectivity index (χ0n) is 5.89. The summed E-state index contributed by atoms with van der Waals surface area (Å²) < 4.78 is 31.0. The molecular formula is C3H11NO6S. The zero-order chi connectivity index (χ0) is 8.41. The van der Waals surface area contributed by atoms with E-state index in [1.807, 2.05) is 0 Å². The van der Waals surface area contributed by atoms with Crippen LogP contribution in [0.5, 0.6) is 0 Å². The zero-order valence-corrected chi connectivity index (χ0v) is 6.71. The number of hydrogen-bond donors (Lipinski definition) is 4. The molecule has 0 rings (SSSR count). The van der Waals surface area contributed by atoms with Crippen molar-refractivity contribution in [1.29, 1.82) is 0 Å². The van der Waals surface area contributed by atoms with Crippen LogP contribution in [0.4, 0.5) is 0 Å². The number of hydrogen-bond acceptors (Lipinski definition) is 6. The van der Waals surface area contributed by atoms with E-state index in [2.05, 4.69) is 4.18 Å². The van der Waals surface area contributed by atoms with Crippen LogP contribution in [-0.4, -0.2) is 29.2 Å². The average molecular weight is 189 g/mol. The molecule has 0 aliphatic heterocycles. The molecule has 0 fully saturated rings. The predicted octanol–water partition coefficient (Wildman–Crippen LogP) is -0.984. The van der Waals surface area contributed by atoms with E-state index in [9.17, 15) is 8.42 Å². The molecule has 0 radical (unpaired) electrons. The summed E-state index contributed by atoms with van der Waals surface area (Å²) in [7, 11) is -4.79. The molecule has 6 N–H and O–H groups in total. The third kappa shape index (κ3) is 7.65. The lowest BCUT2D eigenvalue weighted by molar-refractivity contribution is -0.293. The maximum absolute atomic E-state index is 9.82. The maximum atomic E-state index is 9.82. The largest absolute Gasteiger partial charge is 0.401 e. The first-order valence-electron chi connectivity index (χ1n) is 2.39. The Morgan fingerprint density at radius 3 is 1.91 bits per heavy atom. The standard InChI is InChI=1S/C3H8O6S.H3N/c1-2-3(4,5)9-10(6,7)8;/h4-5H,2H2,1H3,(H,6,7,8);1H3. The third-order valence-electron chi connectivity index (χ3n) is 0.699. The van der Waals surface area contributed by atoms with Crippen LogP contribution in [0.2, 0.25) is 0 Å². The second-order valence-electron chi connectivity index (χ2n) is 1.61. The second kappa shape index (κ2) is 3.95. The van der Waals surface area contributed by atoms with Crippen molar-refractivity contribution in [3.63, 3.8) is 0 Å². The van der Waals surface area contributed by atoms with Gasteiger partial charge in [-0.1, -0.05) is 6.92 Å². The quantitative estimate of drug-likeness (QED) is 0.330. The Hall–Kier alpha value is -0.250. The van der Waals surface area contributed by atoms with Gasteiger partial charge in [0.05, 0.1) is 0 Å². The lowest BCUT2D eigenvalue weighted by atomic mass is 10.4. The highest BCUT2D eigenvalue weighted by Gasteiger charge is 2.27. The molecule has 0 aromatic carbocycles. The molecule has 0 heterocycles. The predicted molar refractivity (Wildman–Crippen MR) is 35.1 cm³/mol. The molecule has 11 heavy (non-hydrogen) atoms. The van der Waals surface area contributed by atoms with Gasteiger partial charge in [0.25, 0.3) is 5.97 Å². The first-order chi connectivity index (χ1) is 4.27. The molecule has 70 valence electrons. The third-order valence-corrected chi connectivity index (χ3v) is 1.18. The Bertz CT molecular complexity index is 196. The van der Waals surface area contributed by atoms with Crippen LogP contribution in [0.25, 0.3) is 0 Å². The van der Waals surface area contributed by atoms with Gasteiger partial charge < -0.3 is 16.4 Å². The van der Waals surface area contributed by atoms with Gasteiger partial charge in [0.15, 0.2) is 0 Å². The highest BCUT2D eigenvalue weighted by atomic mass is 32.3. The van der Waals surface area contributed by atoms with Gasteiger partial charge in [0.2, 0.25) is 0 Å². The van der Waals surface area contributed by atoms with Gasteiger partial charge in [0, 0.05) is 6.42 Å². The van der Waals surface area contributed by atoms with E-state index in [-0.39, 0.29) is 12.6 Å². The van der Waals surface area contributed by atoms with Crippen molar-refractivity contribution < 1.29 is 27.4 Å². The minimum Gasteiger partial charge on any atom is -0.344 e. The topological polar surface area (TPSA) is 139 Å². The normalized spacial score (nSPS) is 12.4. The van der Waals surface area contributed by atoms with Gasteiger partial charge >= 0.3 is 10.4 Å². The van der Waals surface area contributed by atoms with E-state index in [4.69, 9.17) is 14.8 Å². The molecule has 0 saturated carbocycles. The van der Waals surface area contributed by atoms with E-state index < -0.39 is 16.4 Å². The molecule has 0 aliphatic rings. The summed E-state index contributed by atoms with van der Waals surface area (Å²) in [6, 6.07) is 0. The van der Waals surface area contributed by atoms with Gasteiger partial charge in [-0.3, -0.25) is 4.55 Å². The van der Waals surface area contributed by atoms with Crippen LogP contribution >= 0.6 is 0 Å². The van der Waals surface area contributed by atoms with E-state index in [0.29, 0.717) is 0 Å². The molecule has 0 aliphatic carbocycles. The summed E-state index contributed by atoms with van der Waals surface area (Å²) in [5, 5.41) is 16.9.